The fraction of sp³-hybridized carbons (Fsp3) is 0.571. The van der Waals surface area contributed by atoms with Crippen LogP contribution in [0.4, 0.5) is 0 Å². The number of ether oxygens (including phenoxy) is 1. The third-order valence-corrected chi connectivity index (χ3v) is 2.66. The Morgan fingerprint density at radius 2 is 2.06 bits per heavy atom. The topological polar surface area (TPSA) is 29.5 Å². The van der Waals surface area contributed by atoms with E-state index >= 15 is 0 Å². The molecule has 0 radical (unpaired) electrons. The molecule has 1 rings (SSSR count). The lowest BCUT2D eigenvalue weighted by Crippen LogP contribution is -2.21. The van der Waals surface area contributed by atoms with Gasteiger partial charge in [0.05, 0.1) is 13.2 Å². The number of hydrogen-bond acceptors (Lipinski definition) is 2. The van der Waals surface area contributed by atoms with E-state index in [-0.39, 0.29) is 11.5 Å². The number of benzene rings is 1. The smallest absolute Gasteiger partial charge is 0.119 e. The number of hydrogen-bond donors (Lipinski definition) is 1. The molecule has 1 N–H and O–H groups in total. The van der Waals surface area contributed by atoms with Crippen LogP contribution in [0.25, 0.3) is 0 Å². The Kier molecular flexibility index (Phi) is 4.36. The van der Waals surface area contributed by atoms with Crippen LogP contribution < -0.4 is 4.74 Å². The minimum absolute atomic E-state index is 0.112. The van der Waals surface area contributed by atoms with Crippen LogP contribution in [-0.4, -0.2) is 18.3 Å². The first-order valence-electron chi connectivity index (χ1n) is 5.74. The second-order valence-corrected chi connectivity index (χ2v) is 5.25. The lowest BCUT2D eigenvalue weighted by atomic mass is 9.81. The van der Waals surface area contributed by atoms with Gasteiger partial charge in [-0.1, -0.05) is 26.0 Å². The van der Waals surface area contributed by atoms with Gasteiger partial charge in [-0.15, -0.1) is 0 Å². The van der Waals surface area contributed by atoms with Crippen LogP contribution in [0.2, 0.25) is 0 Å². The zero-order chi connectivity index (χ0) is 12.2. The molecule has 2 heteroatoms. The van der Waals surface area contributed by atoms with Crippen molar-refractivity contribution in [3.63, 3.8) is 0 Å². The van der Waals surface area contributed by atoms with E-state index in [1.54, 1.807) is 7.11 Å². The molecule has 1 aromatic rings. The van der Waals surface area contributed by atoms with Gasteiger partial charge < -0.3 is 9.84 Å². The van der Waals surface area contributed by atoms with E-state index in [1.807, 2.05) is 19.1 Å². The standard InChI is InChI=1S/C14H22O2/c1-11(15)9-14(2,3)10-12-6-5-7-13(8-12)16-4/h5-8,11,15H,9-10H2,1-4H3. The molecule has 0 fully saturated rings. The van der Waals surface area contributed by atoms with Crippen LogP contribution >= 0.6 is 0 Å². The Hall–Kier alpha value is -1.02. The average Bonchev–Trinajstić information content (AvgIpc) is 2.15. The molecule has 0 aliphatic rings. The number of aliphatic hydroxyl groups is 1. The van der Waals surface area contributed by atoms with Crippen molar-refractivity contribution in [3.8, 4) is 5.75 Å². The minimum atomic E-state index is -0.249. The molecular weight excluding hydrogens is 200 g/mol. The molecule has 0 spiro atoms. The molecule has 0 saturated heterocycles. The largest absolute Gasteiger partial charge is 0.497 e. The molecule has 0 aliphatic heterocycles. The first-order chi connectivity index (χ1) is 7.43. The van der Waals surface area contributed by atoms with E-state index in [0.29, 0.717) is 0 Å². The maximum absolute atomic E-state index is 9.44. The van der Waals surface area contributed by atoms with Gasteiger partial charge in [-0.3, -0.25) is 0 Å². The highest BCUT2D eigenvalue weighted by Crippen LogP contribution is 2.28. The summed E-state index contributed by atoms with van der Waals surface area (Å²) in [6.07, 6.45) is 1.51. The molecule has 0 amide bonds. The van der Waals surface area contributed by atoms with Crippen molar-refractivity contribution in [2.75, 3.05) is 7.11 Å². The van der Waals surface area contributed by atoms with Gasteiger partial charge in [0.15, 0.2) is 0 Å². The van der Waals surface area contributed by atoms with Gasteiger partial charge in [-0.25, -0.2) is 0 Å². The van der Waals surface area contributed by atoms with Crippen LogP contribution in [0.1, 0.15) is 32.8 Å². The van der Waals surface area contributed by atoms with Crippen LogP contribution in [0.3, 0.4) is 0 Å². The molecule has 0 aromatic heterocycles. The van der Waals surface area contributed by atoms with Crippen LogP contribution in [0.5, 0.6) is 5.75 Å². The SMILES string of the molecule is COc1cccc(CC(C)(C)CC(C)O)c1. The summed E-state index contributed by atoms with van der Waals surface area (Å²) in [5.41, 5.74) is 1.37. The van der Waals surface area contributed by atoms with Crippen LogP contribution in [-0.2, 0) is 6.42 Å². The summed E-state index contributed by atoms with van der Waals surface area (Å²) in [6, 6.07) is 8.12. The van der Waals surface area contributed by atoms with Gasteiger partial charge in [0, 0.05) is 0 Å². The van der Waals surface area contributed by atoms with Crippen molar-refractivity contribution >= 4 is 0 Å². The van der Waals surface area contributed by atoms with Crippen molar-refractivity contribution in [2.24, 2.45) is 5.41 Å². The third kappa shape index (κ3) is 4.23. The van der Waals surface area contributed by atoms with Gasteiger partial charge in [0.25, 0.3) is 0 Å². The zero-order valence-electron chi connectivity index (χ0n) is 10.7. The molecule has 1 aromatic carbocycles. The highest BCUT2D eigenvalue weighted by Gasteiger charge is 2.20. The molecule has 0 saturated carbocycles. The maximum atomic E-state index is 9.44. The fourth-order valence-corrected chi connectivity index (χ4v) is 2.21. The number of rotatable bonds is 5. The first kappa shape index (κ1) is 13.0. The van der Waals surface area contributed by atoms with Gasteiger partial charge in [0.1, 0.15) is 5.75 Å². The van der Waals surface area contributed by atoms with E-state index in [2.05, 4.69) is 26.0 Å². The number of methoxy groups -OCH3 is 1. The van der Waals surface area contributed by atoms with E-state index in [4.69, 9.17) is 4.74 Å². The van der Waals surface area contributed by atoms with Crippen molar-refractivity contribution in [1.29, 1.82) is 0 Å². The van der Waals surface area contributed by atoms with E-state index in [1.165, 1.54) is 5.56 Å². The van der Waals surface area contributed by atoms with E-state index in [0.717, 1.165) is 18.6 Å². The van der Waals surface area contributed by atoms with E-state index < -0.39 is 0 Å². The van der Waals surface area contributed by atoms with Gasteiger partial charge >= 0.3 is 0 Å². The molecule has 1 unspecified atom stereocenters. The Morgan fingerprint density at radius 3 is 2.62 bits per heavy atom. The highest BCUT2D eigenvalue weighted by molar-refractivity contribution is 5.29. The molecule has 16 heavy (non-hydrogen) atoms. The monoisotopic (exact) mass is 222 g/mol. The lowest BCUT2D eigenvalue weighted by Gasteiger charge is -2.26. The van der Waals surface area contributed by atoms with Crippen molar-refractivity contribution in [1.82, 2.24) is 0 Å². The summed E-state index contributed by atoms with van der Waals surface area (Å²) < 4.78 is 5.20. The molecular formula is C14H22O2. The Bertz CT molecular complexity index is 329. The van der Waals surface area contributed by atoms with Crippen molar-refractivity contribution < 1.29 is 9.84 Å². The van der Waals surface area contributed by atoms with Crippen LogP contribution in [0, 0.1) is 5.41 Å². The second kappa shape index (κ2) is 5.35. The van der Waals surface area contributed by atoms with E-state index in [9.17, 15) is 5.11 Å². The minimum Gasteiger partial charge on any atom is -0.497 e. The quantitative estimate of drug-likeness (QED) is 0.829. The third-order valence-electron chi connectivity index (χ3n) is 2.66. The highest BCUT2D eigenvalue weighted by atomic mass is 16.5. The predicted octanol–water partition coefficient (Wildman–Crippen LogP) is 3.03. The van der Waals surface area contributed by atoms with Gasteiger partial charge in [0.2, 0.25) is 0 Å². The van der Waals surface area contributed by atoms with Gasteiger partial charge in [-0.05, 0) is 42.9 Å². The lowest BCUT2D eigenvalue weighted by molar-refractivity contribution is 0.129. The van der Waals surface area contributed by atoms with Crippen molar-refractivity contribution in [3.05, 3.63) is 29.8 Å². The van der Waals surface area contributed by atoms with Crippen LogP contribution in [0.15, 0.2) is 24.3 Å². The predicted molar refractivity (Wildman–Crippen MR) is 66.8 cm³/mol. The zero-order valence-corrected chi connectivity index (χ0v) is 10.7. The summed E-state index contributed by atoms with van der Waals surface area (Å²) in [4.78, 5) is 0. The van der Waals surface area contributed by atoms with Gasteiger partial charge in [-0.2, -0.15) is 0 Å². The summed E-state index contributed by atoms with van der Waals surface area (Å²) in [5.74, 6) is 0.894. The Morgan fingerprint density at radius 1 is 1.38 bits per heavy atom. The molecule has 2 nitrogen and oxygen atoms in total. The fourth-order valence-electron chi connectivity index (χ4n) is 2.21. The summed E-state index contributed by atoms with van der Waals surface area (Å²) in [6.45, 7) is 6.20. The maximum Gasteiger partial charge on any atom is 0.119 e. The Labute approximate surface area is 98.3 Å². The summed E-state index contributed by atoms with van der Waals surface area (Å²) in [5, 5.41) is 9.44. The Balaban J connectivity index is 2.71. The molecule has 1 atom stereocenters. The first-order valence-corrected chi connectivity index (χ1v) is 5.74. The molecule has 0 aliphatic carbocycles. The normalized spacial score (nSPS) is 13.6. The molecule has 90 valence electrons. The second-order valence-electron chi connectivity index (χ2n) is 5.25. The summed E-state index contributed by atoms with van der Waals surface area (Å²) >= 11 is 0. The molecule has 0 bridgehead atoms. The average molecular weight is 222 g/mol. The summed E-state index contributed by atoms with van der Waals surface area (Å²) in [7, 11) is 1.68. The molecule has 0 heterocycles. The number of aliphatic hydroxyl groups excluding tert-OH is 1. The van der Waals surface area contributed by atoms with Crippen molar-refractivity contribution in [2.45, 2.75) is 39.7 Å².